The maximum Gasteiger partial charge on any atom is 0.346 e. The quantitative estimate of drug-likeness (QED) is 0.179. The molecule has 0 atom stereocenters. The standard InChI is InChI=1S/C25H25N9O2S.ClH/c1-2-35-23-17-19(13-14-22(23)36-24-27-29-31-33(24)20-9-5-3-6-10-20)18-26-15-16-37-25-28-30-32-34(25)21-11-7-4-8-12-21;/h3-14,17,26H,2,15-16,18H2,1H3;1H. The number of thioether (sulfide) groups is 1. The van der Waals surface area contributed by atoms with E-state index in [1.54, 1.807) is 16.4 Å². The highest BCUT2D eigenvalue weighted by atomic mass is 35.5. The van der Waals surface area contributed by atoms with Gasteiger partial charge in [0.25, 0.3) is 0 Å². The van der Waals surface area contributed by atoms with Crippen molar-refractivity contribution in [3.05, 3.63) is 84.4 Å². The largest absolute Gasteiger partial charge is 0.490 e. The number of tetrazole rings is 2. The van der Waals surface area contributed by atoms with E-state index in [1.807, 2.05) is 85.8 Å². The van der Waals surface area contributed by atoms with Crippen molar-refractivity contribution in [2.45, 2.75) is 18.6 Å². The molecule has 196 valence electrons. The van der Waals surface area contributed by atoms with E-state index in [2.05, 4.69) is 36.4 Å². The normalized spacial score (nSPS) is 10.7. The van der Waals surface area contributed by atoms with Crippen LogP contribution in [0.15, 0.2) is 84.0 Å². The van der Waals surface area contributed by atoms with Crippen LogP contribution in [0.2, 0.25) is 0 Å². The number of hydrogen-bond donors (Lipinski definition) is 1. The van der Waals surface area contributed by atoms with Gasteiger partial charge in [-0.2, -0.15) is 9.36 Å². The maximum atomic E-state index is 6.03. The third-order valence-electron chi connectivity index (χ3n) is 5.23. The van der Waals surface area contributed by atoms with E-state index in [0.717, 1.165) is 34.4 Å². The fourth-order valence-corrected chi connectivity index (χ4v) is 4.32. The zero-order chi connectivity index (χ0) is 25.3. The molecule has 0 aliphatic heterocycles. The number of rotatable bonds is 12. The average Bonchev–Trinajstić information content (AvgIpc) is 3.61. The number of aromatic nitrogens is 8. The summed E-state index contributed by atoms with van der Waals surface area (Å²) >= 11 is 1.60. The topological polar surface area (TPSA) is 118 Å². The lowest BCUT2D eigenvalue weighted by atomic mass is 10.2. The van der Waals surface area contributed by atoms with Gasteiger partial charge in [-0.05, 0) is 69.7 Å². The molecule has 11 nitrogen and oxygen atoms in total. The fourth-order valence-electron chi connectivity index (χ4n) is 3.53. The molecule has 0 aliphatic carbocycles. The lowest BCUT2D eigenvalue weighted by Crippen LogP contribution is -2.17. The molecule has 0 radical (unpaired) electrons. The Morgan fingerprint density at radius 1 is 0.816 bits per heavy atom. The Hall–Kier alpha value is -4.00. The van der Waals surface area contributed by atoms with Crippen molar-refractivity contribution in [1.82, 2.24) is 45.7 Å². The number of para-hydroxylation sites is 2. The van der Waals surface area contributed by atoms with Gasteiger partial charge in [-0.15, -0.1) is 17.5 Å². The lowest BCUT2D eigenvalue weighted by Gasteiger charge is -2.13. The molecule has 0 unspecified atom stereocenters. The van der Waals surface area contributed by atoms with E-state index in [9.17, 15) is 0 Å². The summed E-state index contributed by atoms with van der Waals surface area (Å²) in [6.07, 6.45) is 0. The van der Waals surface area contributed by atoms with Crippen LogP contribution in [0.25, 0.3) is 11.4 Å². The van der Waals surface area contributed by atoms with Gasteiger partial charge in [-0.3, -0.25) is 0 Å². The van der Waals surface area contributed by atoms with Crippen molar-refractivity contribution in [2.75, 3.05) is 18.9 Å². The molecule has 2 aromatic heterocycles. The van der Waals surface area contributed by atoms with Crippen molar-refractivity contribution in [2.24, 2.45) is 0 Å². The first-order valence-corrected chi connectivity index (χ1v) is 12.7. The maximum absolute atomic E-state index is 6.03. The number of halogens is 1. The van der Waals surface area contributed by atoms with Crippen LogP contribution in [-0.2, 0) is 6.54 Å². The molecule has 0 saturated heterocycles. The van der Waals surface area contributed by atoms with E-state index >= 15 is 0 Å². The summed E-state index contributed by atoms with van der Waals surface area (Å²) in [7, 11) is 0. The van der Waals surface area contributed by atoms with Crippen molar-refractivity contribution in [3.63, 3.8) is 0 Å². The van der Waals surface area contributed by atoms with E-state index in [1.165, 1.54) is 4.68 Å². The Morgan fingerprint density at radius 2 is 1.50 bits per heavy atom. The summed E-state index contributed by atoms with van der Waals surface area (Å²) in [5.74, 6) is 1.98. The first-order chi connectivity index (χ1) is 18.3. The monoisotopic (exact) mass is 551 g/mol. The van der Waals surface area contributed by atoms with Gasteiger partial charge in [0.2, 0.25) is 5.16 Å². The molecule has 2 heterocycles. The Labute approximate surface area is 230 Å². The summed E-state index contributed by atoms with van der Waals surface area (Å²) in [5.41, 5.74) is 2.81. The van der Waals surface area contributed by atoms with Gasteiger partial charge in [-0.25, -0.2) is 0 Å². The SMILES string of the molecule is CCOc1cc(CNCCSc2nnnn2-c2ccccc2)ccc1Oc1nnnn1-c1ccccc1.Cl. The van der Waals surface area contributed by atoms with Crippen LogP contribution in [0, 0.1) is 0 Å². The Bertz CT molecular complexity index is 1420. The van der Waals surface area contributed by atoms with E-state index in [4.69, 9.17) is 9.47 Å². The summed E-state index contributed by atoms with van der Waals surface area (Å²) < 4.78 is 15.2. The second-order valence-corrected chi connectivity index (χ2v) is 8.82. The molecule has 0 spiro atoms. The smallest absolute Gasteiger partial charge is 0.346 e. The second-order valence-electron chi connectivity index (χ2n) is 7.76. The Balaban J connectivity index is 0.00000336. The molecular weight excluding hydrogens is 526 g/mol. The van der Waals surface area contributed by atoms with Gasteiger partial charge in [0.15, 0.2) is 11.5 Å². The Morgan fingerprint density at radius 3 is 2.24 bits per heavy atom. The first-order valence-electron chi connectivity index (χ1n) is 11.8. The van der Waals surface area contributed by atoms with Crippen molar-refractivity contribution in [3.8, 4) is 28.9 Å². The number of nitrogens with one attached hydrogen (secondary N) is 1. The van der Waals surface area contributed by atoms with E-state index in [-0.39, 0.29) is 18.4 Å². The molecule has 1 N–H and O–H groups in total. The molecule has 5 aromatic rings. The average molecular weight is 552 g/mol. The van der Waals surface area contributed by atoms with Crippen LogP contribution >= 0.6 is 24.2 Å². The molecule has 13 heteroatoms. The number of nitrogens with zero attached hydrogens (tertiary/aromatic N) is 8. The molecular formula is C25H26ClN9O2S. The highest BCUT2D eigenvalue weighted by Gasteiger charge is 2.15. The van der Waals surface area contributed by atoms with Crippen molar-refractivity contribution in [1.29, 1.82) is 0 Å². The van der Waals surface area contributed by atoms with Crippen LogP contribution in [-0.4, -0.2) is 59.3 Å². The zero-order valence-electron chi connectivity index (χ0n) is 20.5. The third kappa shape index (κ3) is 6.65. The lowest BCUT2D eigenvalue weighted by molar-refractivity contribution is 0.315. The van der Waals surface area contributed by atoms with Gasteiger partial charge in [0.1, 0.15) is 0 Å². The van der Waals surface area contributed by atoms with E-state index < -0.39 is 0 Å². The van der Waals surface area contributed by atoms with Gasteiger partial charge in [0, 0.05) is 18.8 Å². The van der Waals surface area contributed by atoms with Crippen LogP contribution in [0.3, 0.4) is 0 Å². The summed E-state index contributed by atoms with van der Waals surface area (Å²) in [5, 5.41) is 28.1. The second kappa shape index (κ2) is 13.5. The van der Waals surface area contributed by atoms with Crippen molar-refractivity contribution < 1.29 is 9.47 Å². The zero-order valence-corrected chi connectivity index (χ0v) is 22.2. The number of benzene rings is 3. The summed E-state index contributed by atoms with van der Waals surface area (Å²) in [6.45, 7) is 3.89. The van der Waals surface area contributed by atoms with Crippen LogP contribution in [0.4, 0.5) is 0 Å². The van der Waals surface area contributed by atoms with Gasteiger partial charge < -0.3 is 14.8 Å². The minimum absolute atomic E-state index is 0. The molecule has 5 rings (SSSR count). The Kier molecular flexibility index (Phi) is 9.62. The molecule has 0 fully saturated rings. The van der Waals surface area contributed by atoms with E-state index in [0.29, 0.717) is 24.7 Å². The number of ether oxygens (including phenoxy) is 2. The van der Waals surface area contributed by atoms with Crippen LogP contribution in [0.5, 0.6) is 17.5 Å². The third-order valence-corrected chi connectivity index (χ3v) is 6.15. The predicted octanol–water partition coefficient (Wildman–Crippen LogP) is 4.13. The molecule has 0 saturated carbocycles. The summed E-state index contributed by atoms with van der Waals surface area (Å²) in [4.78, 5) is 0. The highest BCUT2D eigenvalue weighted by molar-refractivity contribution is 7.99. The minimum atomic E-state index is 0. The first kappa shape index (κ1) is 27.0. The summed E-state index contributed by atoms with van der Waals surface area (Å²) in [6, 6.07) is 25.5. The molecule has 3 aromatic carbocycles. The van der Waals surface area contributed by atoms with Gasteiger partial charge in [-0.1, -0.05) is 59.3 Å². The molecule has 0 aliphatic rings. The van der Waals surface area contributed by atoms with Gasteiger partial charge >= 0.3 is 6.01 Å². The van der Waals surface area contributed by atoms with Crippen molar-refractivity contribution >= 4 is 24.2 Å². The van der Waals surface area contributed by atoms with Crippen LogP contribution < -0.4 is 14.8 Å². The molecule has 0 amide bonds. The molecule has 0 bridgehead atoms. The highest BCUT2D eigenvalue weighted by Crippen LogP contribution is 2.32. The molecule has 38 heavy (non-hydrogen) atoms. The number of hydrogen-bond acceptors (Lipinski definition) is 10. The minimum Gasteiger partial charge on any atom is -0.490 e. The van der Waals surface area contributed by atoms with Gasteiger partial charge in [0.05, 0.1) is 18.0 Å². The predicted molar refractivity (Wildman–Crippen MR) is 146 cm³/mol. The van der Waals surface area contributed by atoms with Crippen LogP contribution in [0.1, 0.15) is 12.5 Å². The fraction of sp³-hybridized carbons (Fsp3) is 0.200.